The van der Waals surface area contributed by atoms with Gasteiger partial charge in [0.1, 0.15) is 34.5 Å². The first-order chi connectivity index (χ1) is 54.8. The van der Waals surface area contributed by atoms with E-state index < -0.39 is 23.9 Å². The van der Waals surface area contributed by atoms with Gasteiger partial charge in [-0.1, -0.05) is 249 Å². The highest BCUT2D eigenvalue weighted by Gasteiger charge is 2.39. The van der Waals surface area contributed by atoms with Gasteiger partial charge in [0.15, 0.2) is 0 Å². The molecule has 0 heterocycles. The van der Waals surface area contributed by atoms with Gasteiger partial charge < -0.3 is 39.7 Å². The van der Waals surface area contributed by atoms with Crippen molar-refractivity contribution in [3.8, 4) is 34.5 Å². The number of thioether (sulfide) groups is 6. The molecule has 6 aromatic carbocycles. The molecule has 19 heteroatoms. The second-order valence-corrected chi connectivity index (χ2v) is 57.6. The molecule has 0 aromatic heterocycles. The van der Waals surface area contributed by atoms with Crippen LogP contribution in [0.3, 0.4) is 0 Å². The molecule has 123 heavy (non-hydrogen) atoms. The third kappa shape index (κ3) is 32.7. The highest BCUT2D eigenvalue weighted by Crippen LogP contribution is 2.57. The summed E-state index contributed by atoms with van der Waals surface area (Å²) in [5, 5.41) is 51.6. The average Bonchev–Trinajstić information content (AvgIpc) is 0.778. The van der Waals surface area contributed by atoms with Gasteiger partial charge in [0.2, 0.25) is 0 Å². The van der Waals surface area contributed by atoms with E-state index in [0.29, 0.717) is 34.5 Å². The van der Waals surface area contributed by atoms with E-state index >= 15 is 0 Å². The van der Waals surface area contributed by atoms with Crippen molar-refractivity contribution in [2.45, 2.75) is 436 Å². The van der Waals surface area contributed by atoms with E-state index in [0.717, 1.165) is 96.1 Å². The summed E-state index contributed by atoms with van der Waals surface area (Å²) < 4.78 is 17.0. The van der Waals surface area contributed by atoms with E-state index in [4.69, 9.17) is 24.4 Å². The summed E-state index contributed by atoms with van der Waals surface area (Å²) >= 11 is 10.7. The molecular weight excluding hydrogens is 1650 g/mol. The lowest BCUT2D eigenvalue weighted by Crippen LogP contribution is -2.22. The first kappa shape index (κ1) is 109. The lowest BCUT2D eigenvalue weighted by atomic mass is 9.79. The van der Waals surface area contributed by atoms with Crippen molar-refractivity contribution in [2.75, 3.05) is 0 Å². The molecule has 686 valence electrons. The first-order valence-corrected chi connectivity index (χ1v) is 48.1. The molecule has 0 amide bonds. The Morgan fingerprint density at radius 3 is 0.545 bits per heavy atom. The Hall–Kier alpha value is -5.83. The number of carboxylic acids is 2. The second-order valence-electron chi connectivity index (χ2n) is 46.6. The zero-order valence-corrected chi connectivity index (χ0v) is 88.3. The number of hydrogen-bond donors (Lipinski definition) is 5. The van der Waals surface area contributed by atoms with Crippen molar-refractivity contribution in [2.24, 2.45) is 0 Å². The van der Waals surface area contributed by atoms with Crippen molar-refractivity contribution >= 4 is 100 Å². The van der Waals surface area contributed by atoms with Gasteiger partial charge in [-0.3, -0.25) is 24.0 Å². The molecule has 6 rings (SSSR count). The van der Waals surface area contributed by atoms with Crippen LogP contribution >= 0.6 is 70.6 Å². The Labute approximate surface area is 768 Å². The van der Waals surface area contributed by atoms with Gasteiger partial charge in [-0.05, 0) is 186 Å². The fourth-order valence-electron chi connectivity index (χ4n) is 13.9. The number of hydrogen-bond acceptors (Lipinski definition) is 17. The minimum atomic E-state index is -1.02. The van der Waals surface area contributed by atoms with Gasteiger partial charge in [0, 0.05) is 116 Å². The van der Waals surface area contributed by atoms with Gasteiger partial charge in [-0.2, -0.15) is 0 Å². The molecule has 13 nitrogen and oxygen atoms in total. The quantitative estimate of drug-likeness (QED) is 0.0185. The highest BCUT2D eigenvalue weighted by atomic mass is 32.2. The van der Waals surface area contributed by atoms with E-state index in [1.54, 1.807) is 47.0 Å². The number of aliphatic carboxylic acids is 2. The van der Waals surface area contributed by atoms with E-state index in [2.05, 4.69) is 364 Å². The van der Waals surface area contributed by atoms with Crippen molar-refractivity contribution < 1.29 is 63.7 Å². The summed E-state index contributed by atoms with van der Waals surface area (Å²) in [7, 11) is 0. The number of carbonyl (C=O) groups excluding carboxylic acids is 3. The molecule has 0 bridgehead atoms. The summed E-state index contributed by atoms with van der Waals surface area (Å²) in [6, 6.07) is 25.7. The molecule has 6 aromatic rings. The van der Waals surface area contributed by atoms with Gasteiger partial charge in [0.05, 0.1) is 25.1 Å². The molecule has 0 saturated carbocycles. The van der Waals surface area contributed by atoms with Crippen molar-refractivity contribution in [1.82, 2.24) is 0 Å². The standard InChI is InChI=1S/C36H54O5S2.C35H52O5S2.C33H50O3S2/c1-32(2,3)24-18-22(19-25(30(24)40)33(4,5)6)42-36(13,14)43-23-20-26(34(7,8)9)31(27(21-23)35(10,11)12)41-29(39)17-15-16-28(37)38;1-31(2,3)23-17-21(18-24(29(23)39)32(4,5)6)41-35(13,14)42-22-19-25(33(7,8)9)30(26(20-22)34(10,11)12)40-28(38)16-15-27(36)37;1-20(34)36-28-25(31(8,9)10)18-22(19-26(28)32(11,12)13)38-33(14,15)37-21-16-23(29(2,3)4)27(35)24(17-21)30(5,6)7/h18-21,40H,15-17H2,1-14H3,(H,37,38);17-20,39H,15-16H2,1-14H3,(H,36,37);16-19,35H,1-15H3. The molecule has 0 aliphatic carbocycles. The summed E-state index contributed by atoms with van der Waals surface area (Å²) in [4.78, 5) is 66.3. The Morgan fingerprint density at radius 2 is 0.390 bits per heavy atom. The Balaban J connectivity index is 0.000000388. The first-order valence-electron chi connectivity index (χ1n) is 43.2. The van der Waals surface area contributed by atoms with Gasteiger partial charge in [-0.25, -0.2) is 0 Å². The number of benzene rings is 6. The topological polar surface area (TPSA) is 214 Å². The number of aromatic hydroxyl groups is 3. The van der Waals surface area contributed by atoms with Gasteiger partial charge >= 0.3 is 29.8 Å². The van der Waals surface area contributed by atoms with E-state index in [1.807, 2.05) is 23.5 Å². The lowest BCUT2D eigenvalue weighted by Gasteiger charge is -2.32. The Bertz CT molecular complexity index is 4570. The number of esters is 3. The normalized spacial score (nSPS) is 13.4. The number of ether oxygens (including phenoxy) is 3. The van der Waals surface area contributed by atoms with Crippen LogP contribution in [0, 0.1) is 0 Å². The number of carbonyl (C=O) groups is 5. The van der Waals surface area contributed by atoms with Crippen LogP contribution in [-0.2, 0) is 89.0 Å². The Morgan fingerprint density at radius 1 is 0.236 bits per heavy atom. The van der Waals surface area contributed by atoms with Crippen molar-refractivity contribution in [3.63, 3.8) is 0 Å². The predicted molar refractivity (Wildman–Crippen MR) is 526 cm³/mol. The minimum absolute atomic E-state index is 0.0549. The summed E-state index contributed by atoms with van der Waals surface area (Å²) in [6.45, 7) is 91.4. The predicted octanol–water partition coefficient (Wildman–Crippen LogP) is 30.5. The fraction of sp³-hybridized carbons (Fsp3) is 0.606. The summed E-state index contributed by atoms with van der Waals surface area (Å²) in [5.74, 6) is -0.223. The van der Waals surface area contributed by atoms with Crippen LogP contribution in [0.25, 0.3) is 0 Å². The molecular formula is C104H156O13S6. The maximum atomic E-state index is 12.8. The lowest BCUT2D eigenvalue weighted by molar-refractivity contribution is -0.142. The molecule has 0 radical (unpaired) electrons. The average molecular weight is 1810 g/mol. The number of phenols is 3. The van der Waals surface area contributed by atoms with Crippen LogP contribution in [0.5, 0.6) is 34.5 Å². The zero-order valence-electron chi connectivity index (χ0n) is 83.4. The maximum Gasteiger partial charge on any atom is 0.311 e. The number of rotatable bonds is 22. The number of carboxylic acid groups (broad SMARTS) is 2. The zero-order chi connectivity index (χ0) is 95.6. The Kier molecular flexibility index (Phi) is 35.3. The maximum absolute atomic E-state index is 12.8. The monoisotopic (exact) mass is 1800 g/mol. The van der Waals surface area contributed by atoms with E-state index in [1.165, 1.54) is 6.92 Å². The van der Waals surface area contributed by atoms with Gasteiger partial charge in [0.25, 0.3) is 0 Å². The smallest absolute Gasteiger partial charge is 0.311 e. The third-order valence-electron chi connectivity index (χ3n) is 20.3. The SMILES string of the molecule is CC(=O)Oc1c(C(C)(C)C)cc(SC(C)(C)Sc2cc(C(C)(C)C)c(O)c(C(C)(C)C)c2)cc1C(C)(C)C.CC(C)(Sc1cc(C(C)(C)C)c(O)c(C(C)(C)C)c1)Sc1cc(C(C)(C)C)c(OC(=O)CCC(=O)O)c(C(C)(C)C)c1.CC(C)(Sc1cc(C(C)(C)C)c(O)c(C(C)(C)C)c1)Sc1cc(C(C)(C)C)c(OC(=O)CCCC(=O)O)c(C(C)(C)C)c1. The fourth-order valence-corrected chi connectivity index (χ4v) is 21.7. The van der Waals surface area contributed by atoms with Gasteiger partial charge in [-0.15, -0.1) is 70.6 Å². The molecule has 0 unspecified atom stereocenters. The van der Waals surface area contributed by atoms with Crippen LogP contribution < -0.4 is 14.2 Å². The van der Waals surface area contributed by atoms with Crippen molar-refractivity contribution in [3.05, 3.63) is 140 Å². The summed E-state index contributed by atoms with van der Waals surface area (Å²) in [6.07, 6.45) is -0.208. The molecule has 0 spiro atoms. The molecule has 0 aliphatic heterocycles. The highest BCUT2D eigenvalue weighted by molar-refractivity contribution is 8.19. The largest absolute Gasteiger partial charge is 0.507 e. The molecule has 0 fully saturated rings. The number of phenolic OH excluding ortho intramolecular Hbond substituents is 3. The van der Waals surface area contributed by atoms with E-state index in [-0.39, 0.29) is 115 Å². The van der Waals surface area contributed by atoms with Crippen LogP contribution in [0.15, 0.2) is 102 Å². The van der Waals surface area contributed by atoms with Crippen LogP contribution in [0.4, 0.5) is 0 Å². The second kappa shape index (κ2) is 39.6. The van der Waals surface area contributed by atoms with Crippen molar-refractivity contribution in [1.29, 1.82) is 0 Å². The molecule has 0 saturated heterocycles. The minimum Gasteiger partial charge on any atom is -0.507 e. The summed E-state index contributed by atoms with van der Waals surface area (Å²) in [5.41, 5.74) is 8.72. The van der Waals surface area contributed by atoms with Crippen LogP contribution in [0.1, 0.15) is 397 Å². The van der Waals surface area contributed by atoms with E-state index in [9.17, 15) is 39.3 Å². The molecule has 0 atom stereocenters. The molecule has 5 N–H and O–H groups in total. The van der Waals surface area contributed by atoms with Crippen LogP contribution in [0.2, 0.25) is 0 Å². The molecule has 0 aliphatic rings. The third-order valence-corrected chi connectivity index (χ3v) is 27.6. The van der Waals surface area contributed by atoms with Crippen LogP contribution in [-0.4, -0.2) is 67.6 Å².